The molecule has 0 bridgehead atoms. The van der Waals surface area contributed by atoms with Crippen molar-refractivity contribution >= 4 is 11.8 Å². The number of ketones is 1. The zero-order chi connectivity index (χ0) is 18.1. The summed E-state index contributed by atoms with van der Waals surface area (Å²) in [6.45, 7) is 6.48. The maximum absolute atomic E-state index is 12.5. The van der Waals surface area contributed by atoms with E-state index >= 15 is 0 Å². The first-order valence-electron chi connectivity index (χ1n) is 8.46. The number of urea groups is 1. The summed E-state index contributed by atoms with van der Waals surface area (Å²) in [5.41, 5.74) is 1.08. The number of carbonyl (C=O) groups is 2. The smallest absolute Gasteiger partial charge is 0.317 e. The Labute approximate surface area is 144 Å². The van der Waals surface area contributed by atoms with Crippen LogP contribution in [0, 0.1) is 17.2 Å². The standard InChI is InChI=1S/C19H27N3O2/c1-5-6-7-12-22(4)19(24)21-15(3)14(2)18(23)17-10-8-16(13-20)9-11-17/h8-11,14-15H,5-7,12H2,1-4H3,(H,21,24). The molecule has 1 aromatic carbocycles. The van der Waals surface area contributed by atoms with E-state index in [9.17, 15) is 9.59 Å². The molecule has 0 aromatic heterocycles. The van der Waals surface area contributed by atoms with Gasteiger partial charge in [0.1, 0.15) is 0 Å². The molecule has 1 N–H and O–H groups in total. The Hall–Kier alpha value is -2.35. The van der Waals surface area contributed by atoms with Gasteiger partial charge >= 0.3 is 6.03 Å². The lowest BCUT2D eigenvalue weighted by Crippen LogP contribution is -2.46. The SMILES string of the molecule is CCCCCN(C)C(=O)NC(C)C(C)C(=O)c1ccc(C#N)cc1. The first-order valence-corrected chi connectivity index (χ1v) is 8.46. The fraction of sp³-hybridized carbons (Fsp3) is 0.526. The van der Waals surface area contributed by atoms with Crippen LogP contribution in [0.1, 0.15) is 56.0 Å². The Morgan fingerprint density at radius 1 is 1.21 bits per heavy atom. The van der Waals surface area contributed by atoms with Gasteiger partial charge in [-0.3, -0.25) is 4.79 Å². The molecule has 1 rings (SSSR count). The van der Waals surface area contributed by atoms with E-state index in [2.05, 4.69) is 12.2 Å². The summed E-state index contributed by atoms with van der Waals surface area (Å²) in [7, 11) is 1.77. The highest BCUT2D eigenvalue weighted by atomic mass is 16.2. The van der Waals surface area contributed by atoms with Crippen molar-refractivity contribution in [2.75, 3.05) is 13.6 Å². The summed E-state index contributed by atoms with van der Waals surface area (Å²) in [6, 6.07) is 8.18. The quantitative estimate of drug-likeness (QED) is 0.585. The van der Waals surface area contributed by atoms with Gasteiger partial charge in [-0.05, 0) is 25.5 Å². The lowest BCUT2D eigenvalue weighted by molar-refractivity contribution is 0.0908. The number of hydrogen-bond acceptors (Lipinski definition) is 3. The van der Waals surface area contributed by atoms with E-state index in [-0.39, 0.29) is 23.8 Å². The monoisotopic (exact) mass is 329 g/mol. The minimum absolute atomic E-state index is 0.0408. The first kappa shape index (κ1) is 19.7. The molecular weight excluding hydrogens is 302 g/mol. The third kappa shape index (κ3) is 5.69. The van der Waals surface area contributed by atoms with E-state index in [4.69, 9.17) is 5.26 Å². The molecule has 0 aliphatic heterocycles. The molecule has 0 aliphatic carbocycles. The zero-order valence-corrected chi connectivity index (χ0v) is 15.0. The summed E-state index contributed by atoms with van der Waals surface area (Å²) in [6.07, 6.45) is 3.19. The van der Waals surface area contributed by atoms with Crippen molar-refractivity contribution in [1.29, 1.82) is 5.26 Å². The molecule has 0 saturated carbocycles. The number of Topliss-reactive ketones (excluding diaryl/α,β-unsaturated/α-hetero) is 1. The predicted octanol–water partition coefficient (Wildman–Crippen LogP) is 3.60. The van der Waals surface area contributed by atoms with E-state index < -0.39 is 0 Å². The molecule has 0 fully saturated rings. The maximum atomic E-state index is 12.5. The molecule has 5 nitrogen and oxygen atoms in total. The lowest BCUT2D eigenvalue weighted by atomic mass is 9.93. The molecule has 0 radical (unpaired) electrons. The van der Waals surface area contributed by atoms with Crippen LogP contribution in [-0.2, 0) is 0 Å². The average Bonchev–Trinajstić information content (AvgIpc) is 2.60. The molecule has 0 heterocycles. The fourth-order valence-electron chi connectivity index (χ4n) is 2.33. The van der Waals surface area contributed by atoms with Gasteiger partial charge in [0.2, 0.25) is 0 Å². The fourth-order valence-corrected chi connectivity index (χ4v) is 2.33. The van der Waals surface area contributed by atoms with Crippen molar-refractivity contribution in [3.63, 3.8) is 0 Å². The number of rotatable bonds is 8. The molecule has 0 aliphatic rings. The number of nitrogens with zero attached hydrogens (tertiary/aromatic N) is 2. The highest BCUT2D eigenvalue weighted by molar-refractivity contribution is 5.98. The van der Waals surface area contributed by atoms with Gasteiger partial charge in [0.25, 0.3) is 0 Å². The normalized spacial score (nSPS) is 12.8. The molecule has 2 unspecified atom stereocenters. The number of nitriles is 1. The molecule has 24 heavy (non-hydrogen) atoms. The van der Waals surface area contributed by atoms with Gasteiger partial charge in [0, 0.05) is 31.1 Å². The molecule has 0 saturated heterocycles. The van der Waals surface area contributed by atoms with Crippen LogP contribution in [-0.4, -0.2) is 36.3 Å². The summed E-state index contributed by atoms with van der Waals surface area (Å²) in [5, 5.41) is 11.7. The van der Waals surface area contributed by atoms with Gasteiger partial charge in [-0.15, -0.1) is 0 Å². The number of unbranched alkanes of at least 4 members (excludes halogenated alkanes) is 2. The minimum Gasteiger partial charge on any atom is -0.335 e. The highest BCUT2D eigenvalue weighted by Crippen LogP contribution is 2.14. The van der Waals surface area contributed by atoms with E-state index in [0.29, 0.717) is 17.7 Å². The zero-order valence-electron chi connectivity index (χ0n) is 15.0. The van der Waals surface area contributed by atoms with Gasteiger partial charge in [-0.2, -0.15) is 5.26 Å². The Kier molecular flexibility index (Phi) is 7.97. The van der Waals surface area contributed by atoms with Crippen molar-refractivity contribution < 1.29 is 9.59 Å². The van der Waals surface area contributed by atoms with Gasteiger partial charge < -0.3 is 10.2 Å². The Morgan fingerprint density at radius 2 is 1.83 bits per heavy atom. The van der Waals surface area contributed by atoms with E-state index in [1.54, 1.807) is 36.2 Å². The second-order valence-corrected chi connectivity index (χ2v) is 6.21. The van der Waals surface area contributed by atoms with Crippen LogP contribution in [0.4, 0.5) is 4.79 Å². The summed E-state index contributed by atoms with van der Waals surface area (Å²) in [4.78, 5) is 26.3. The molecule has 130 valence electrons. The van der Waals surface area contributed by atoms with Gasteiger partial charge in [0.15, 0.2) is 5.78 Å². The molecule has 1 aromatic rings. The average molecular weight is 329 g/mol. The van der Waals surface area contributed by atoms with Gasteiger partial charge in [-0.25, -0.2) is 4.79 Å². The van der Waals surface area contributed by atoms with Gasteiger partial charge in [-0.1, -0.05) is 38.8 Å². The minimum atomic E-state index is -0.342. The second kappa shape index (κ2) is 9.71. The maximum Gasteiger partial charge on any atom is 0.317 e. The first-order chi connectivity index (χ1) is 11.4. The third-order valence-corrected chi connectivity index (χ3v) is 4.26. The van der Waals surface area contributed by atoms with Crippen molar-refractivity contribution in [1.82, 2.24) is 10.2 Å². The highest BCUT2D eigenvalue weighted by Gasteiger charge is 2.23. The van der Waals surface area contributed by atoms with Crippen LogP contribution >= 0.6 is 0 Å². The number of benzene rings is 1. The van der Waals surface area contributed by atoms with Crippen LogP contribution in [0.5, 0.6) is 0 Å². The topological polar surface area (TPSA) is 73.2 Å². The van der Waals surface area contributed by atoms with E-state index in [1.807, 2.05) is 19.9 Å². The Balaban J connectivity index is 2.59. The van der Waals surface area contributed by atoms with Crippen LogP contribution < -0.4 is 5.32 Å². The summed E-state index contributed by atoms with van der Waals surface area (Å²) < 4.78 is 0. The summed E-state index contributed by atoms with van der Waals surface area (Å²) >= 11 is 0. The van der Waals surface area contributed by atoms with E-state index in [1.165, 1.54) is 0 Å². The van der Waals surface area contributed by atoms with Crippen LogP contribution in [0.3, 0.4) is 0 Å². The predicted molar refractivity (Wildman–Crippen MR) is 94.8 cm³/mol. The number of amides is 2. The lowest BCUT2D eigenvalue weighted by Gasteiger charge is -2.24. The van der Waals surface area contributed by atoms with Crippen molar-refractivity contribution in [2.24, 2.45) is 5.92 Å². The number of hydrogen-bond donors (Lipinski definition) is 1. The van der Waals surface area contributed by atoms with Gasteiger partial charge in [0.05, 0.1) is 11.6 Å². The van der Waals surface area contributed by atoms with Crippen LogP contribution in [0.25, 0.3) is 0 Å². The van der Waals surface area contributed by atoms with Crippen molar-refractivity contribution in [2.45, 2.75) is 46.1 Å². The molecule has 5 heteroatoms. The van der Waals surface area contributed by atoms with E-state index in [0.717, 1.165) is 19.3 Å². The number of nitrogens with one attached hydrogen (secondary N) is 1. The van der Waals surface area contributed by atoms with Crippen LogP contribution in [0.2, 0.25) is 0 Å². The van der Waals surface area contributed by atoms with Crippen molar-refractivity contribution in [3.05, 3.63) is 35.4 Å². The number of carbonyl (C=O) groups excluding carboxylic acids is 2. The van der Waals surface area contributed by atoms with Crippen LogP contribution in [0.15, 0.2) is 24.3 Å². The van der Waals surface area contributed by atoms with Crippen molar-refractivity contribution in [3.8, 4) is 6.07 Å². The molecule has 2 amide bonds. The molecule has 2 atom stereocenters. The molecular formula is C19H27N3O2. The Morgan fingerprint density at radius 3 is 2.38 bits per heavy atom. The molecule has 0 spiro atoms. The third-order valence-electron chi connectivity index (χ3n) is 4.26. The summed E-state index contributed by atoms with van der Waals surface area (Å²) in [5.74, 6) is -0.383. The largest absolute Gasteiger partial charge is 0.335 e. The Bertz CT molecular complexity index is 590. The second-order valence-electron chi connectivity index (χ2n) is 6.21.